The molecule has 0 saturated heterocycles. The number of halogens is 1. The summed E-state index contributed by atoms with van der Waals surface area (Å²) in [4.78, 5) is 3.38. The molecule has 0 saturated carbocycles. The number of benzene rings is 2. The first kappa shape index (κ1) is 15.8. The van der Waals surface area contributed by atoms with Crippen LogP contribution >= 0.6 is 0 Å². The van der Waals surface area contributed by atoms with Crippen molar-refractivity contribution in [1.82, 2.24) is 9.29 Å². The standard InChI is InChI=1S/C18H14FN3O2S/c19-13-2-4-14(5-3-13)25(23,24)22-8-7-18-16(11-22)15-9-12(10-20)1-6-17(15)21-18/h1-6,9,21H,7-8,11H2. The second-order valence-corrected chi connectivity index (χ2v) is 7.93. The Hall–Kier alpha value is -2.69. The average Bonchev–Trinajstić information content (AvgIpc) is 2.99. The molecular weight excluding hydrogens is 341 g/mol. The highest BCUT2D eigenvalue weighted by atomic mass is 32.2. The molecule has 2 heterocycles. The summed E-state index contributed by atoms with van der Waals surface area (Å²) in [5, 5.41) is 9.96. The van der Waals surface area contributed by atoms with E-state index in [1.165, 1.54) is 16.4 Å². The van der Waals surface area contributed by atoms with Crippen molar-refractivity contribution in [2.75, 3.05) is 6.54 Å². The molecule has 3 aromatic rings. The van der Waals surface area contributed by atoms with Gasteiger partial charge in [0, 0.05) is 36.1 Å². The van der Waals surface area contributed by atoms with Gasteiger partial charge in [-0.3, -0.25) is 0 Å². The van der Waals surface area contributed by atoms with Crippen LogP contribution in [-0.4, -0.2) is 24.3 Å². The Morgan fingerprint density at radius 1 is 1.16 bits per heavy atom. The second-order valence-electron chi connectivity index (χ2n) is 6.00. The normalized spacial score (nSPS) is 15.0. The number of sulfonamides is 1. The van der Waals surface area contributed by atoms with Gasteiger partial charge in [-0.2, -0.15) is 9.57 Å². The number of fused-ring (bicyclic) bond motifs is 3. The van der Waals surface area contributed by atoms with Crippen molar-refractivity contribution in [2.24, 2.45) is 0 Å². The molecule has 0 amide bonds. The van der Waals surface area contributed by atoms with Gasteiger partial charge in [-0.25, -0.2) is 12.8 Å². The van der Waals surface area contributed by atoms with Crippen molar-refractivity contribution >= 4 is 20.9 Å². The van der Waals surface area contributed by atoms with E-state index in [-0.39, 0.29) is 11.4 Å². The molecule has 5 nitrogen and oxygen atoms in total. The lowest BCUT2D eigenvalue weighted by Gasteiger charge is -2.26. The number of hydrogen-bond donors (Lipinski definition) is 1. The lowest BCUT2D eigenvalue weighted by molar-refractivity contribution is 0.391. The molecular formula is C18H14FN3O2S. The molecule has 4 rings (SSSR count). The Bertz CT molecular complexity index is 1110. The summed E-state index contributed by atoms with van der Waals surface area (Å²) in [5.41, 5.74) is 3.32. The van der Waals surface area contributed by atoms with Gasteiger partial charge in [-0.05, 0) is 48.0 Å². The van der Waals surface area contributed by atoms with Crippen LogP contribution in [0.1, 0.15) is 16.8 Å². The first-order chi connectivity index (χ1) is 12.0. The van der Waals surface area contributed by atoms with Crippen molar-refractivity contribution in [1.29, 1.82) is 5.26 Å². The maximum absolute atomic E-state index is 13.1. The number of aromatic amines is 1. The Labute approximate surface area is 144 Å². The highest BCUT2D eigenvalue weighted by Gasteiger charge is 2.30. The van der Waals surface area contributed by atoms with Crippen LogP contribution in [0.4, 0.5) is 4.39 Å². The van der Waals surface area contributed by atoms with Gasteiger partial charge < -0.3 is 4.98 Å². The molecule has 1 aliphatic rings. The predicted octanol–water partition coefficient (Wildman–Crippen LogP) is 2.93. The Morgan fingerprint density at radius 3 is 2.64 bits per heavy atom. The molecule has 0 bridgehead atoms. The number of nitrogens with zero attached hydrogens (tertiary/aromatic N) is 2. The number of aromatic nitrogens is 1. The molecule has 25 heavy (non-hydrogen) atoms. The molecule has 0 aliphatic carbocycles. The fraction of sp³-hybridized carbons (Fsp3) is 0.167. The minimum absolute atomic E-state index is 0.0786. The second kappa shape index (κ2) is 5.69. The smallest absolute Gasteiger partial charge is 0.243 e. The first-order valence-electron chi connectivity index (χ1n) is 7.78. The number of H-pyrrole nitrogens is 1. The van der Waals surface area contributed by atoms with Gasteiger partial charge in [0.05, 0.1) is 16.5 Å². The van der Waals surface area contributed by atoms with Crippen LogP contribution < -0.4 is 0 Å². The van der Waals surface area contributed by atoms with Gasteiger partial charge in [0.15, 0.2) is 0 Å². The molecule has 0 fully saturated rings. The number of nitrogens with one attached hydrogen (secondary N) is 1. The monoisotopic (exact) mass is 355 g/mol. The zero-order valence-electron chi connectivity index (χ0n) is 13.2. The Kier molecular flexibility index (Phi) is 3.60. The van der Waals surface area contributed by atoms with Crippen molar-refractivity contribution < 1.29 is 12.8 Å². The van der Waals surface area contributed by atoms with E-state index in [2.05, 4.69) is 11.1 Å². The van der Waals surface area contributed by atoms with Crippen LogP contribution in [-0.2, 0) is 23.0 Å². The summed E-state index contributed by atoms with van der Waals surface area (Å²) in [6.07, 6.45) is 0.562. The van der Waals surface area contributed by atoms with E-state index < -0.39 is 15.8 Å². The van der Waals surface area contributed by atoms with Gasteiger partial charge in [0.1, 0.15) is 5.82 Å². The highest BCUT2D eigenvalue weighted by molar-refractivity contribution is 7.89. The van der Waals surface area contributed by atoms with E-state index in [9.17, 15) is 12.8 Å². The number of nitriles is 1. The van der Waals surface area contributed by atoms with E-state index in [1.54, 1.807) is 12.1 Å². The minimum Gasteiger partial charge on any atom is -0.358 e. The quantitative estimate of drug-likeness (QED) is 0.768. The van der Waals surface area contributed by atoms with E-state index in [4.69, 9.17) is 5.26 Å². The third-order valence-corrected chi connectivity index (χ3v) is 6.38. The molecule has 2 aromatic carbocycles. The Balaban J connectivity index is 1.75. The number of rotatable bonds is 2. The lowest BCUT2D eigenvalue weighted by atomic mass is 10.0. The van der Waals surface area contributed by atoms with Gasteiger partial charge in [0.2, 0.25) is 10.0 Å². The highest BCUT2D eigenvalue weighted by Crippen LogP contribution is 2.31. The van der Waals surface area contributed by atoms with Crippen molar-refractivity contribution in [3.63, 3.8) is 0 Å². The van der Waals surface area contributed by atoms with E-state index >= 15 is 0 Å². The van der Waals surface area contributed by atoms with Crippen LogP contribution in [0.2, 0.25) is 0 Å². The molecule has 0 atom stereocenters. The molecule has 7 heteroatoms. The molecule has 1 aliphatic heterocycles. The maximum Gasteiger partial charge on any atom is 0.243 e. The maximum atomic E-state index is 13.1. The van der Waals surface area contributed by atoms with E-state index in [0.717, 1.165) is 34.3 Å². The fourth-order valence-electron chi connectivity index (χ4n) is 3.22. The van der Waals surface area contributed by atoms with Crippen molar-refractivity contribution in [3.8, 4) is 6.07 Å². The van der Waals surface area contributed by atoms with Crippen LogP contribution in [0.3, 0.4) is 0 Å². The SMILES string of the molecule is N#Cc1ccc2[nH]c3c(c2c1)CN(S(=O)(=O)c1ccc(F)cc1)CC3. The summed E-state index contributed by atoms with van der Waals surface area (Å²) in [6.45, 7) is 0.578. The first-order valence-corrected chi connectivity index (χ1v) is 9.22. The zero-order chi connectivity index (χ0) is 17.6. The summed E-state index contributed by atoms with van der Waals surface area (Å²) >= 11 is 0. The molecule has 1 aromatic heterocycles. The van der Waals surface area contributed by atoms with Crippen LogP contribution in [0.5, 0.6) is 0 Å². The van der Waals surface area contributed by atoms with Gasteiger partial charge in [-0.15, -0.1) is 0 Å². The van der Waals surface area contributed by atoms with Crippen LogP contribution in [0.25, 0.3) is 10.9 Å². The summed E-state index contributed by atoms with van der Waals surface area (Å²) in [5.74, 6) is -0.472. The van der Waals surface area contributed by atoms with Gasteiger partial charge in [-0.1, -0.05) is 0 Å². The molecule has 126 valence electrons. The van der Waals surface area contributed by atoms with Crippen molar-refractivity contribution in [2.45, 2.75) is 17.9 Å². The largest absolute Gasteiger partial charge is 0.358 e. The van der Waals surface area contributed by atoms with Crippen LogP contribution in [0, 0.1) is 17.1 Å². The van der Waals surface area contributed by atoms with E-state index in [0.29, 0.717) is 18.5 Å². The van der Waals surface area contributed by atoms with Crippen LogP contribution in [0.15, 0.2) is 47.4 Å². The fourth-order valence-corrected chi connectivity index (χ4v) is 4.63. The van der Waals surface area contributed by atoms with Crippen molar-refractivity contribution in [3.05, 3.63) is 65.1 Å². The summed E-state index contributed by atoms with van der Waals surface area (Å²) < 4.78 is 40.1. The predicted molar refractivity (Wildman–Crippen MR) is 90.7 cm³/mol. The van der Waals surface area contributed by atoms with E-state index in [1.807, 2.05) is 6.07 Å². The third kappa shape index (κ3) is 2.60. The van der Waals surface area contributed by atoms with Gasteiger partial charge in [0.25, 0.3) is 0 Å². The lowest BCUT2D eigenvalue weighted by Crippen LogP contribution is -2.35. The molecule has 0 radical (unpaired) electrons. The molecule has 0 unspecified atom stereocenters. The average molecular weight is 355 g/mol. The summed E-state index contributed by atoms with van der Waals surface area (Å²) in [7, 11) is -3.70. The zero-order valence-corrected chi connectivity index (χ0v) is 14.0. The van der Waals surface area contributed by atoms with Gasteiger partial charge >= 0.3 is 0 Å². The third-order valence-electron chi connectivity index (χ3n) is 4.52. The number of hydrogen-bond acceptors (Lipinski definition) is 3. The molecule has 0 spiro atoms. The Morgan fingerprint density at radius 2 is 1.92 bits per heavy atom. The summed E-state index contributed by atoms with van der Waals surface area (Å²) in [6, 6.07) is 12.3. The molecule has 1 N–H and O–H groups in total. The minimum atomic E-state index is -3.70. The topological polar surface area (TPSA) is 77.0 Å².